The molecule has 0 bridgehead atoms. The van der Waals surface area contributed by atoms with Gasteiger partial charge in [-0.25, -0.2) is 9.59 Å². The van der Waals surface area contributed by atoms with Crippen LogP contribution in [0.3, 0.4) is 0 Å². The smallest absolute Gasteiger partial charge is 0.408 e. The van der Waals surface area contributed by atoms with E-state index >= 15 is 0 Å². The number of alkyl carbamates (subject to hydrolysis) is 1. The van der Waals surface area contributed by atoms with E-state index < -0.39 is 23.7 Å². The largest absolute Gasteiger partial charge is 0.457 e. The van der Waals surface area contributed by atoms with Crippen LogP contribution in [0.25, 0.3) is 0 Å². The van der Waals surface area contributed by atoms with Crippen LogP contribution < -0.4 is 5.32 Å². The average molecular weight is 425 g/mol. The van der Waals surface area contributed by atoms with Gasteiger partial charge in [-0.2, -0.15) is 11.8 Å². The molecule has 0 aromatic heterocycles. The Morgan fingerprint density at radius 2 is 1.93 bits per heavy atom. The van der Waals surface area contributed by atoms with Crippen LogP contribution in [-0.4, -0.2) is 73.5 Å². The van der Waals surface area contributed by atoms with Crippen molar-refractivity contribution in [1.82, 2.24) is 10.2 Å². The maximum Gasteiger partial charge on any atom is 0.408 e. The van der Waals surface area contributed by atoms with E-state index in [4.69, 9.17) is 14.2 Å². The molecule has 0 saturated carbocycles. The molecule has 0 unspecified atom stereocenters. The summed E-state index contributed by atoms with van der Waals surface area (Å²) in [6.45, 7) is 7.57. The van der Waals surface area contributed by atoms with Crippen molar-refractivity contribution in [3.8, 4) is 0 Å². The number of hydrogen-bond donors (Lipinski definition) is 1. The van der Waals surface area contributed by atoms with E-state index in [2.05, 4.69) is 10.2 Å². The summed E-state index contributed by atoms with van der Waals surface area (Å²) in [6, 6.07) is 8.67. The minimum atomic E-state index is -0.741. The summed E-state index contributed by atoms with van der Waals surface area (Å²) >= 11 is 1.61. The molecule has 1 aliphatic rings. The van der Waals surface area contributed by atoms with Crippen molar-refractivity contribution in [2.45, 2.75) is 38.5 Å². The van der Waals surface area contributed by atoms with Gasteiger partial charge < -0.3 is 19.5 Å². The lowest BCUT2D eigenvalue weighted by atomic mass is 10.1. The van der Waals surface area contributed by atoms with Gasteiger partial charge in [-0.15, -0.1) is 0 Å². The topological polar surface area (TPSA) is 77.1 Å². The fraction of sp³-hybridized carbons (Fsp3) is 0.619. The van der Waals surface area contributed by atoms with E-state index in [9.17, 15) is 9.59 Å². The Kier molecular flexibility index (Phi) is 9.76. The third kappa shape index (κ3) is 9.06. The number of benzene rings is 1. The van der Waals surface area contributed by atoms with Crippen LogP contribution in [-0.2, 0) is 25.6 Å². The van der Waals surface area contributed by atoms with Gasteiger partial charge in [0, 0.05) is 19.6 Å². The predicted octanol–water partition coefficient (Wildman–Crippen LogP) is 2.69. The molecule has 1 N–H and O–H groups in total. The Balaban J connectivity index is 1.87. The highest BCUT2D eigenvalue weighted by molar-refractivity contribution is 7.98. The number of carbonyl (C=O) groups excluding carboxylic acids is 2. The molecule has 1 aliphatic heterocycles. The molecule has 1 amide bonds. The molecule has 1 fully saturated rings. The average Bonchev–Trinajstić information content (AvgIpc) is 2.70. The molecule has 0 spiro atoms. The van der Waals surface area contributed by atoms with Crippen molar-refractivity contribution in [2.24, 2.45) is 0 Å². The van der Waals surface area contributed by atoms with Gasteiger partial charge in [0.1, 0.15) is 18.2 Å². The van der Waals surface area contributed by atoms with Gasteiger partial charge in [0.2, 0.25) is 0 Å². The normalized spacial score (nSPS) is 16.1. The Hall–Kier alpha value is -1.77. The van der Waals surface area contributed by atoms with Gasteiger partial charge in [0.15, 0.2) is 0 Å². The Bertz CT molecular complexity index is 635. The van der Waals surface area contributed by atoms with E-state index in [0.29, 0.717) is 26.2 Å². The molecule has 29 heavy (non-hydrogen) atoms. The minimum Gasteiger partial charge on any atom is -0.457 e. The lowest BCUT2D eigenvalue weighted by molar-refractivity contribution is -0.161. The second-order valence-electron chi connectivity index (χ2n) is 7.61. The highest BCUT2D eigenvalue weighted by Gasteiger charge is 2.31. The van der Waals surface area contributed by atoms with Crippen LogP contribution in [0.4, 0.5) is 4.79 Å². The van der Waals surface area contributed by atoms with Crippen molar-refractivity contribution in [3.63, 3.8) is 0 Å². The zero-order valence-corrected chi connectivity index (χ0v) is 18.3. The summed E-state index contributed by atoms with van der Waals surface area (Å²) in [5.41, 5.74) is 0.222. The van der Waals surface area contributed by atoms with Crippen molar-refractivity contribution < 1.29 is 23.8 Å². The molecule has 1 aromatic rings. The second-order valence-corrected chi connectivity index (χ2v) is 8.60. The zero-order chi connectivity index (χ0) is 21.1. The number of amides is 1. The third-order valence-electron chi connectivity index (χ3n) is 4.48. The first-order valence-electron chi connectivity index (χ1n) is 9.89. The van der Waals surface area contributed by atoms with Crippen molar-refractivity contribution in [3.05, 3.63) is 35.9 Å². The van der Waals surface area contributed by atoms with Crippen LogP contribution in [0.2, 0.25) is 0 Å². The molecule has 1 heterocycles. The number of thioether (sulfide) groups is 1. The standard InChI is InChI=1S/C21H32N2O5S/c1-21(2,16-23-10-12-26-13-11-23)28-19(24)18(9-14-29-3)22-20(25)27-15-17-7-5-4-6-8-17/h4-8,18H,9-16H2,1-3H3,(H,22,25)/t18-/m0/s1. The zero-order valence-electron chi connectivity index (χ0n) is 17.5. The first kappa shape index (κ1) is 23.5. The van der Waals surface area contributed by atoms with Gasteiger partial charge >= 0.3 is 12.1 Å². The monoisotopic (exact) mass is 424 g/mol. The van der Waals surface area contributed by atoms with Gasteiger partial charge in [-0.3, -0.25) is 4.90 Å². The Morgan fingerprint density at radius 1 is 1.24 bits per heavy atom. The number of rotatable bonds is 10. The maximum atomic E-state index is 12.8. The van der Waals surface area contributed by atoms with E-state index in [0.717, 1.165) is 24.4 Å². The first-order chi connectivity index (χ1) is 13.9. The van der Waals surface area contributed by atoms with Crippen molar-refractivity contribution in [2.75, 3.05) is 44.9 Å². The van der Waals surface area contributed by atoms with Gasteiger partial charge in [-0.1, -0.05) is 30.3 Å². The number of carbonyl (C=O) groups is 2. The molecule has 7 nitrogen and oxygen atoms in total. The summed E-state index contributed by atoms with van der Waals surface area (Å²) < 4.78 is 16.4. The molecule has 1 aromatic carbocycles. The third-order valence-corrected chi connectivity index (χ3v) is 5.13. The summed E-state index contributed by atoms with van der Waals surface area (Å²) in [5.74, 6) is 0.289. The summed E-state index contributed by atoms with van der Waals surface area (Å²) in [7, 11) is 0. The lowest BCUT2D eigenvalue weighted by Crippen LogP contribution is -2.50. The fourth-order valence-corrected chi connectivity index (χ4v) is 3.54. The number of esters is 1. The Labute approximate surface area is 177 Å². The molecule has 162 valence electrons. The quantitative estimate of drug-likeness (QED) is 0.579. The second kappa shape index (κ2) is 12.0. The van der Waals surface area contributed by atoms with Gasteiger partial charge in [0.05, 0.1) is 13.2 Å². The fourth-order valence-electron chi connectivity index (χ4n) is 3.07. The van der Waals surface area contributed by atoms with E-state index in [1.54, 1.807) is 11.8 Å². The molecule has 1 atom stereocenters. The van der Waals surface area contributed by atoms with Crippen LogP contribution >= 0.6 is 11.8 Å². The molecule has 0 radical (unpaired) electrons. The van der Waals surface area contributed by atoms with Crippen LogP contribution in [0.15, 0.2) is 30.3 Å². The van der Waals surface area contributed by atoms with E-state index in [1.165, 1.54) is 0 Å². The van der Waals surface area contributed by atoms with Gasteiger partial charge in [-0.05, 0) is 37.8 Å². The molecule has 8 heteroatoms. The predicted molar refractivity (Wildman–Crippen MR) is 114 cm³/mol. The number of nitrogens with one attached hydrogen (secondary N) is 1. The number of morpholine rings is 1. The van der Waals surface area contributed by atoms with Crippen molar-refractivity contribution in [1.29, 1.82) is 0 Å². The summed E-state index contributed by atoms with van der Waals surface area (Å²) in [4.78, 5) is 27.2. The molecular weight excluding hydrogens is 392 g/mol. The summed E-state index contributed by atoms with van der Waals surface area (Å²) in [6.07, 6.45) is 1.81. The molecule has 0 aliphatic carbocycles. The van der Waals surface area contributed by atoms with Crippen LogP contribution in [0.5, 0.6) is 0 Å². The Morgan fingerprint density at radius 3 is 2.59 bits per heavy atom. The molecular formula is C21H32N2O5S. The number of hydrogen-bond acceptors (Lipinski definition) is 7. The van der Waals surface area contributed by atoms with Crippen LogP contribution in [0, 0.1) is 0 Å². The first-order valence-corrected chi connectivity index (χ1v) is 11.3. The number of ether oxygens (including phenoxy) is 3. The van der Waals surface area contributed by atoms with Crippen molar-refractivity contribution >= 4 is 23.8 Å². The molecule has 1 saturated heterocycles. The SMILES string of the molecule is CSCC[C@H](NC(=O)OCc1ccccc1)C(=O)OC(C)(C)CN1CCOCC1. The maximum absolute atomic E-state index is 12.8. The summed E-state index contributed by atoms with van der Waals surface area (Å²) in [5, 5.41) is 2.67. The lowest BCUT2D eigenvalue weighted by Gasteiger charge is -2.35. The number of nitrogens with zero attached hydrogens (tertiary/aromatic N) is 1. The van der Waals surface area contributed by atoms with Crippen LogP contribution in [0.1, 0.15) is 25.8 Å². The highest BCUT2D eigenvalue weighted by atomic mass is 32.2. The van der Waals surface area contributed by atoms with E-state index in [1.807, 2.05) is 50.4 Å². The van der Waals surface area contributed by atoms with E-state index in [-0.39, 0.29) is 6.61 Å². The highest BCUT2D eigenvalue weighted by Crippen LogP contribution is 2.16. The molecule has 2 rings (SSSR count). The minimum absolute atomic E-state index is 0.152. The van der Waals surface area contributed by atoms with Gasteiger partial charge in [0.25, 0.3) is 0 Å².